The number of carbonyl (C=O) groups excluding carboxylic acids is 1. The number of methoxy groups -OCH3 is 1. The van der Waals surface area contributed by atoms with Gasteiger partial charge >= 0.3 is 12.0 Å². The summed E-state index contributed by atoms with van der Waals surface area (Å²) in [4.78, 5) is 24.2. The summed E-state index contributed by atoms with van der Waals surface area (Å²) in [6.45, 7) is 8.38. The van der Waals surface area contributed by atoms with E-state index in [1.807, 2.05) is 27.7 Å². The number of carboxylic acids is 1. The summed E-state index contributed by atoms with van der Waals surface area (Å²) in [5.41, 5.74) is 0. The van der Waals surface area contributed by atoms with Crippen molar-refractivity contribution in [2.45, 2.75) is 33.7 Å². The fourth-order valence-corrected chi connectivity index (χ4v) is 1.65. The van der Waals surface area contributed by atoms with E-state index in [4.69, 9.17) is 9.84 Å². The number of rotatable bonds is 8. The minimum atomic E-state index is -1.01. The van der Waals surface area contributed by atoms with Gasteiger partial charge in [0.25, 0.3) is 0 Å². The van der Waals surface area contributed by atoms with Gasteiger partial charge in [0.2, 0.25) is 0 Å². The molecule has 0 radical (unpaired) electrons. The molecule has 0 rings (SSSR count). The van der Waals surface area contributed by atoms with Crippen LogP contribution in [-0.4, -0.2) is 54.9 Å². The largest absolute Gasteiger partial charge is 0.480 e. The van der Waals surface area contributed by atoms with Crippen LogP contribution in [0.25, 0.3) is 0 Å². The molecule has 6 heteroatoms. The van der Waals surface area contributed by atoms with E-state index in [0.29, 0.717) is 13.2 Å². The topological polar surface area (TPSA) is 78.9 Å². The maximum absolute atomic E-state index is 12.1. The van der Waals surface area contributed by atoms with Gasteiger partial charge in [-0.25, -0.2) is 4.79 Å². The van der Waals surface area contributed by atoms with E-state index >= 15 is 0 Å². The number of carbonyl (C=O) groups is 2. The number of nitrogens with zero attached hydrogens (tertiary/aromatic N) is 1. The first-order valence-corrected chi connectivity index (χ1v) is 6.54. The molecule has 0 heterocycles. The van der Waals surface area contributed by atoms with Gasteiger partial charge in [-0.05, 0) is 11.8 Å². The van der Waals surface area contributed by atoms with Crippen LogP contribution in [-0.2, 0) is 9.53 Å². The number of hydrogen-bond acceptors (Lipinski definition) is 3. The molecule has 112 valence electrons. The van der Waals surface area contributed by atoms with Crippen molar-refractivity contribution in [3.63, 3.8) is 0 Å². The zero-order valence-electron chi connectivity index (χ0n) is 12.5. The predicted octanol–water partition coefficient (Wildman–Crippen LogP) is 1.41. The second-order valence-electron chi connectivity index (χ2n) is 5.42. The van der Waals surface area contributed by atoms with E-state index in [1.165, 1.54) is 4.90 Å². The molecule has 0 bridgehead atoms. The molecule has 0 aliphatic carbocycles. The smallest absolute Gasteiger partial charge is 0.323 e. The molecular formula is C13H26N2O4. The van der Waals surface area contributed by atoms with Crippen molar-refractivity contribution in [2.75, 3.05) is 26.8 Å². The molecule has 0 saturated heterocycles. The van der Waals surface area contributed by atoms with Gasteiger partial charge in [-0.15, -0.1) is 0 Å². The van der Waals surface area contributed by atoms with Crippen LogP contribution in [0.2, 0.25) is 0 Å². The Bertz CT molecular complexity index is 292. The van der Waals surface area contributed by atoms with Gasteiger partial charge in [-0.3, -0.25) is 4.79 Å². The minimum absolute atomic E-state index is 0.124. The molecule has 0 spiro atoms. The summed E-state index contributed by atoms with van der Waals surface area (Å²) < 4.78 is 5.06. The van der Waals surface area contributed by atoms with Crippen LogP contribution >= 0.6 is 0 Å². The van der Waals surface area contributed by atoms with Crippen LogP contribution in [0.15, 0.2) is 0 Å². The van der Waals surface area contributed by atoms with E-state index in [9.17, 15) is 9.59 Å². The van der Waals surface area contributed by atoms with Crippen LogP contribution < -0.4 is 5.32 Å². The van der Waals surface area contributed by atoms with Gasteiger partial charge in [0, 0.05) is 13.7 Å². The third-order valence-electron chi connectivity index (χ3n) is 2.66. The Labute approximate surface area is 115 Å². The molecule has 1 atom stereocenters. The molecular weight excluding hydrogens is 248 g/mol. The standard InChI is InChI=1S/C13H26N2O4/c1-9(2)6-15(7-12(16)17)13(18)14-11(8-19-5)10(3)4/h9-11H,6-8H2,1-5H3,(H,14,18)(H,16,17). The Hall–Kier alpha value is -1.30. The molecule has 0 fully saturated rings. The van der Waals surface area contributed by atoms with E-state index in [0.717, 1.165) is 0 Å². The monoisotopic (exact) mass is 274 g/mol. The zero-order valence-corrected chi connectivity index (χ0v) is 12.5. The summed E-state index contributed by atoms with van der Waals surface area (Å²) in [6, 6.07) is -0.479. The molecule has 2 amide bonds. The van der Waals surface area contributed by atoms with E-state index in [2.05, 4.69) is 5.32 Å². The zero-order chi connectivity index (χ0) is 15.0. The maximum atomic E-state index is 12.1. The third kappa shape index (κ3) is 7.66. The molecule has 0 aliphatic heterocycles. The fraction of sp³-hybridized carbons (Fsp3) is 0.846. The predicted molar refractivity (Wildman–Crippen MR) is 73.1 cm³/mol. The van der Waals surface area contributed by atoms with Gasteiger partial charge < -0.3 is 20.1 Å². The van der Waals surface area contributed by atoms with Crippen LogP contribution in [0.4, 0.5) is 4.79 Å². The van der Waals surface area contributed by atoms with Crippen molar-refractivity contribution in [1.29, 1.82) is 0 Å². The lowest BCUT2D eigenvalue weighted by Crippen LogP contribution is -2.50. The van der Waals surface area contributed by atoms with Crippen molar-refractivity contribution in [3.8, 4) is 0 Å². The van der Waals surface area contributed by atoms with E-state index < -0.39 is 5.97 Å². The van der Waals surface area contributed by atoms with E-state index in [1.54, 1.807) is 7.11 Å². The Kier molecular flexibility index (Phi) is 8.14. The van der Waals surface area contributed by atoms with Crippen molar-refractivity contribution >= 4 is 12.0 Å². The number of nitrogens with one attached hydrogen (secondary N) is 1. The summed E-state index contributed by atoms with van der Waals surface area (Å²) in [5.74, 6) is -0.580. The highest BCUT2D eigenvalue weighted by Gasteiger charge is 2.22. The summed E-state index contributed by atoms with van der Waals surface area (Å²) >= 11 is 0. The Balaban J connectivity index is 4.63. The molecule has 0 aromatic carbocycles. The normalized spacial score (nSPS) is 12.6. The highest BCUT2D eigenvalue weighted by atomic mass is 16.5. The number of carboxylic acid groups (broad SMARTS) is 1. The van der Waals surface area contributed by atoms with Crippen LogP contribution in [0.1, 0.15) is 27.7 Å². The number of aliphatic carboxylic acids is 1. The number of amides is 2. The van der Waals surface area contributed by atoms with Crippen molar-refractivity contribution in [1.82, 2.24) is 10.2 Å². The minimum Gasteiger partial charge on any atom is -0.480 e. The Morgan fingerprint density at radius 3 is 2.21 bits per heavy atom. The van der Waals surface area contributed by atoms with Crippen molar-refractivity contribution in [3.05, 3.63) is 0 Å². The third-order valence-corrected chi connectivity index (χ3v) is 2.66. The van der Waals surface area contributed by atoms with Crippen LogP contribution in [0.3, 0.4) is 0 Å². The maximum Gasteiger partial charge on any atom is 0.323 e. The van der Waals surface area contributed by atoms with Gasteiger partial charge in [-0.2, -0.15) is 0 Å². The first-order valence-electron chi connectivity index (χ1n) is 6.54. The van der Waals surface area contributed by atoms with Gasteiger partial charge in [0.05, 0.1) is 12.6 Å². The summed E-state index contributed by atoms with van der Waals surface area (Å²) in [6.07, 6.45) is 0. The van der Waals surface area contributed by atoms with Gasteiger partial charge in [0.15, 0.2) is 0 Å². The lowest BCUT2D eigenvalue weighted by molar-refractivity contribution is -0.137. The number of ether oxygens (including phenoxy) is 1. The average molecular weight is 274 g/mol. The molecule has 0 aromatic heterocycles. The van der Waals surface area contributed by atoms with E-state index in [-0.39, 0.29) is 30.5 Å². The first-order chi connectivity index (χ1) is 8.77. The number of urea groups is 1. The lowest BCUT2D eigenvalue weighted by Gasteiger charge is -2.28. The SMILES string of the molecule is COCC(NC(=O)N(CC(=O)O)CC(C)C)C(C)C. The molecule has 0 aliphatic rings. The van der Waals surface area contributed by atoms with Crippen molar-refractivity contribution in [2.24, 2.45) is 11.8 Å². The molecule has 2 N–H and O–H groups in total. The first kappa shape index (κ1) is 17.7. The quantitative estimate of drug-likeness (QED) is 0.701. The van der Waals surface area contributed by atoms with Crippen LogP contribution in [0, 0.1) is 11.8 Å². The molecule has 19 heavy (non-hydrogen) atoms. The second kappa shape index (κ2) is 8.74. The summed E-state index contributed by atoms with van der Waals surface area (Å²) in [7, 11) is 1.57. The Morgan fingerprint density at radius 2 is 1.84 bits per heavy atom. The Morgan fingerprint density at radius 1 is 1.26 bits per heavy atom. The highest BCUT2D eigenvalue weighted by molar-refractivity contribution is 5.80. The lowest BCUT2D eigenvalue weighted by atomic mass is 10.1. The molecule has 6 nitrogen and oxygen atoms in total. The second-order valence-corrected chi connectivity index (χ2v) is 5.42. The molecule has 0 aromatic rings. The van der Waals surface area contributed by atoms with Crippen LogP contribution in [0.5, 0.6) is 0 Å². The van der Waals surface area contributed by atoms with Gasteiger partial charge in [0.1, 0.15) is 6.54 Å². The fourth-order valence-electron chi connectivity index (χ4n) is 1.65. The number of hydrogen-bond donors (Lipinski definition) is 2. The molecule has 1 unspecified atom stereocenters. The average Bonchev–Trinajstić information content (AvgIpc) is 2.25. The van der Waals surface area contributed by atoms with Crippen molar-refractivity contribution < 1.29 is 19.4 Å². The summed E-state index contributed by atoms with van der Waals surface area (Å²) in [5, 5.41) is 11.7. The van der Waals surface area contributed by atoms with Gasteiger partial charge in [-0.1, -0.05) is 27.7 Å². The highest BCUT2D eigenvalue weighted by Crippen LogP contribution is 2.05. The molecule has 0 saturated carbocycles.